The van der Waals surface area contributed by atoms with Gasteiger partial charge in [0.25, 0.3) is 5.91 Å². The van der Waals surface area contributed by atoms with Crippen LogP contribution < -0.4 is 10.6 Å². The number of hydrogen-bond donors (Lipinski definition) is 2. The van der Waals surface area contributed by atoms with E-state index < -0.39 is 24.4 Å². The van der Waals surface area contributed by atoms with Crippen LogP contribution in [0.1, 0.15) is 39.5 Å². The molecule has 1 aliphatic heterocycles. The molecule has 8 nitrogen and oxygen atoms in total. The molecule has 1 heterocycles. The van der Waals surface area contributed by atoms with Crippen molar-refractivity contribution in [2.24, 2.45) is 17.8 Å². The van der Waals surface area contributed by atoms with Gasteiger partial charge in [-0.25, -0.2) is 0 Å². The van der Waals surface area contributed by atoms with Crippen molar-refractivity contribution < 1.29 is 23.9 Å². The van der Waals surface area contributed by atoms with Gasteiger partial charge >= 0.3 is 5.97 Å². The smallest absolute Gasteiger partial charge is 0.311 e. The Balaban J connectivity index is 1.81. The summed E-state index contributed by atoms with van der Waals surface area (Å²) in [7, 11) is 1.46. The van der Waals surface area contributed by atoms with Crippen LogP contribution in [0.15, 0.2) is 0 Å². The minimum absolute atomic E-state index is 0.0121. The lowest BCUT2D eigenvalue weighted by atomic mass is 9.77. The topological polar surface area (TPSA) is 105 Å². The summed E-state index contributed by atoms with van der Waals surface area (Å²) >= 11 is 0. The number of rotatable bonds is 6. The second-order valence-corrected chi connectivity index (χ2v) is 7.34. The van der Waals surface area contributed by atoms with Crippen LogP contribution in [-0.4, -0.2) is 61.4 Å². The highest BCUT2D eigenvalue weighted by Crippen LogP contribution is 2.35. The Labute approximate surface area is 154 Å². The molecular weight excluding hydrogens is 338 g/mol. The van der Waals surface area contributed by atoms with Crippen molar-refractivity contribution in [2.45, 2.75) is 45.6 Å². The Morgan fingerprint density at radius 1 is 1.19 bits per heavy atom. The Morgan fingerprint density at radius 3 is 2.62 bits per heavy atom. The lowest BCUT2D eigenvalue weighted by Crippen LogP contribution is -2.45. The van der Waals surface area contributed by atoms with E-state index in [1.54, 1.807) is 0 Å². The number of nitrogens with zero attached hydrogens (tertiary/aromatic N) is 1. The summed E-state index contributed by atoms with van der Waals surface area (Å²) in [6.07, 6.45) is 3.38. The van der Waals surface area contributed by atoms with Gasteiger partial charge in [0.2, 0.25) is 11.8 Å². The SMILES string of the molecule is CNC(=O)CNC(=O)COC(=O)[C@@H]1CC(=O)N([C@H]2CCC[C@@H](C)[C@H]2C)C1. The summed E-state index contributed by atoms with van der Waals surface area (Å²) in [5, 5.41) is 4.73. The van der Waals surface area contributed by atoms with E-state index in [0.717, 1.165) is 12.8 Å². The number of esters is 1. The van der Waals surface area contributed by atoms with E-state index in [0.29, 0.717) is 18.4 Å². The van der Waals surface area contributed by atoms with Crippen LogP contribution in [0.4, 0.5) is 0 Å². The Bertz CT molecular complexity index is 565. The molecule has 146 valence electrons. The van der Waals surface area contributed by atoms with Gasteiger partial charge in [0.05, 0.1) is 12.5 Å². The van der Waals surface area contributed by atoms with Gasteiger partial charge in [-0.2, -0.15) is 0 Å². The normalized spacial score (nSPS) is 28.6. The molecule has 1 aliphatic carbocycles. The number of likely N-dealkylation sites (N-methyl/N-ethyl adjacent to an activating group) is 1. The number of likely N-dealkylation sites (tertiary alicyclic amines) is 1. The molecule has 8 heteroatoms. The van der Waals surface area contributed by atoms with Crippen LogP contribution >= 0.6 is 0 Å². The average Bonchev–Trinajstić information content (AvgIpc) is 3.01. The van der Waals surface area contributed by atoms with Crippen molar-refractivity contribution in [3.63, 3.8) is 0 Å². The number of nitrogens with one attached hydrogen (secondary N) is 2. The molecule has 0 aromatic rings. The first-order valence-corrected chi connectivity index (χ1v) is 9.26. The highest BCUT2D eigenvalue weighted by molar-refractivity contribution is 5.89. The van der Waals surface area contributed by atoms with Crippen LogP contribution in [0.2, 0.25) is 0 Å². The molecule has 0 radical (unpaired) electrons. The molecule has 3 amide bonds. The van der Waals surface area contributed by atoms with Crippen molar-refractivity contribution in [3.8, 4) is 0 Å². The zero-order chi connectivity index (χ0) is 19.3. The van der Waals surface area contributed by atoms with Crippen molar-refractivity contribution in [2.75, 3.05) is 26.7 Å². The molecule has 0 unspecified atom stereocenters. The number of hydrogen-bond acceptors (Lipinski definition) is 5. The first kappa shape index (κ1) is 20.2. The summed E-state index contributed by atoms with van der Waals surface area (Å²) in [4.78, 5) is 49.1. The van der Waals surface area contributed by atoms with Crippen LogP contribution in [0.3, 0.4) is 0 Å². The second kappa shape index (κ2) is 9.00. The minimum Gasteiger partial charge on any atom is -0.455 e. The molecule has 4 atom stereocenters. The summed E-state index contributed by atoms with van der Waals surface area (Å²) < 4.78 is 5.02. The van der Waals surface area contributed by atoms with E-state index in [1.807, 2.05) is 4.90 Å². The highest BCUT2D eigenvalue weighted by Gasteiger charge is 2.42. The molecule has 0 aromatic heterocycles. The number of amides is 3. The van der Waals surface area contributed by atoms with Gasteiger partial charge in [-0.3, -0.25) is 19.2 Å². The Kier molecular flexibility index (Phi) is 6.99. The van der Waals surface area contributed by atoms with Crippen molar-refractivity contribution in [3.05, 3.63) is 0 Å². The standard InChI is InChI=1S/C18H29N3O5/c1-11-5-4-6-14(12(11)2)21-9-13(7-17(21)24)18(25)26-10-16(23)20-8-15(22)19-3/h11-14H,4-10H2,1-3H3,(H,19,22)(H,20,23)/t11-,12-,13-,14+/m1/s1. The van der Waals surface area contributed by atoms with E-state index in [2.05, 4.69) is 24.5 Å². The van der Waals surface area contributed by atoms with E-state index in [-0.39, 0.29) is 30.8 Å². The van der Waals surface area contributed by atoms with Crippen LogP contribution in [0, 0.1) is 17.8 Å². The molecule has 2 aliphatic rings. The van der Waals surface area contributed by atoms with Gasteiger partial charge < -0.3 is 20.3 Å². The molecule has 0 bridgehead atoms. The minimum atomic E-state index is -0.544. The maximum absolute atomic E-state index is 12.4. The van der Waals surface area contributed by atoms with Crippen molar-refractivity contribution in [1.82, 2.24) is 15.5 Å². The van der Waals surface area contributed by atoms with Gasteiger partial charge in [0.1, 0.15) is 0 Å². The summed E-state index contributed by atoms with van der Waals surface area (Å²) in [6, 6.07) is 0.180. The molecule has 0 spiro atoms. The fourth-order valence-corrected chi connectivity index (χ4v) is 3.78. The third-order valence-corrected chi connectivity index (χ3v) is 5.63. The fourth-order valence-electron chi connectivity index (χ4n) is 3.78. The Morgan fingerprint density at radius 2 is 1.92 bits per heavy atom. The highest BCUT2D eigenvalue weighted by atomic mass is 16.5. The first-order chi connectivity index (χ1) is 12.3. The molecule has 0 aromatic carbocycles. The predicted molar refractivity (Wildman–Crippen MR) is 93.8 cm³/mol. The van der Waals surface area contributed by atoms with E-state index in [4.69, 9.17) is 4.74 Å². The van der Waals surface area contributed by atoms with E-state index in [1.165, 1.54) is 13.5 Å². The molecule has 2 fully saturated rings. The maximum Gasteiger partial charge on any atom is 0.311 e. The molecule has 2 rings (SSSR count). The molecular formula is C18H29N3O5. The lowest BCUT2D eigenvalue weighted by molar-refractivity contribution is -0.152. The quantitative estimate of drug-likeness (QED) is 0.646. The van der Waals surface area contributed by atoms with Crippen LogP contribution in [0.5, 0.6) is 0 Å². The van der Waals surface area contributed by atoms with Crippen molar-refractivity contribution in [1.29, 1.82) is 0 Å². The van der Waals surface area contributed by atoms with Crippen LogP contribution in [0.25, 0.3) is 0 Å². The largest absolute Gasteiger partial charge is 0.455 e. The molecule has 1 saturated heterocycles. The summed E-state index contributed by atoms with van der Waals surface area (Å²) in [5.74, 6) is -0.974. The van der Waals surface area contributed by atoms with Gasteiger partial charge in [0, 0.05) is 26.1 Å². The maximum atomic E-state index is 12.4. The number of ether oxygens (including phenoxy) is 1. The molecule has 1 saturated carbocycles. The summed E-state index contributed by atoms with van der Waals surface area (Å²) in [5.41, 5.74) is 0. The number of carbonyl (C=O) groups is 4. The molecule has 26 heavy (non-hydrogen) atoms. The average molecular weight is 367 g/mol. The Hall–Kier alpha value is -2.12. The second-order valence-electron chi connectivity index (χ2n) is 7.34. The van der Waals surface area contributed by atoms with E-state index >= 15 is 0 Å². The van der Waals surface area contributed by atoms with Crippen molar-refractivity contribution >= 4 is 23.7 Å². The third-order valence-electron chi connectivity index (χ3n) is 5.63. The lowest BCUT2D eigenvalue weighted by Gasteiger charge is -2.39. The predicted octanol–water partition coefficient (Wildman–Crippen LogP) is 0.0650. The summed E-state index contributed by atoms with van der Waals surface area (Å²) in [6.45, 7) is 4.13. The van der Waals surface area contributed by atoms with Crippen LogP contribution in [-0.2, 0) is 23.9 Å². The first-order valence-electron chi connectivity index (χ1n) is 9.26. The zero-order valence-electron chi connectivity index (χ0n) is 15.7. The van der Waals surface area contributed by atoms with Gasteiger partial charge in [-0.1, -0.05) is 26.7 Å². The monoisotopic (exact) mass is 367 g/mol. The molecule has 2 N–H and O–H groups in total. The van der Waals surface area contributed by atoms with Gasteiger partial charge in [-0.05, 0) is 18.3 Å². The van der Waals surface area contributed by atoms with Gasteiger partial charge in [0.15, 0.2) is 6.61 Å². The fraction of sp³-hybridized carbons (Fsp3) is 0.778. The zero-order valence-corrected chi connectivity index (χ0v) is 15.7. The third kappa shape index (κ3) is 4.95. The van der Waals surface area contributed by atoms with E-state index in [9.17, 15) is 19.2 Å². The number of carbonyl (C=O) groups excluding carboxylic acids is 4. The van der Waals surface area contributed by atoms with Gasteiger partial charge in [-0.15, -0.1) is 0 Å².